The summed E-state index contributed by atoms with van der Waals surface area (Å²) in [7, 11) is 1.73. The highest BCUT2D eigenvalue weighted by molar-refractivity contribution is 5.76. The van der Waals surface area contributed by atoms with Gasteiger partial charge in [-0.3, -0.25) is 18.8 Å². The normalized spacial score (nSPS) is 18.0. The molecule has 0 bridgehead atoms. The molecule has 22 heavy (non-hydrogen) atoms. The van der Waals surface area contributed by atoms with Crippen LogP contribution in [0.15, 0.2) is 17.3 Å². The van der Waals surface area contributed by atoms with E-state index in [0.29, 0.717) is 24.1 Å². The summed E-state index contributed by atoms with van der Waals surface area (Å²) in [4.78, 5) is 28.3. The fourth-order valence-corrected chi connectivity index (χ4v) is 2.57. The van der Waals surface area contributed by atoms with E-state index in [2.05, 4.69) is 15.4 Å². The standard InChI is InChI=1S/C14H19N5O3/c1-18-13-11(8-17-18)14(21)19(9-16-13)5-4-12(20)15-7-10-3-2-6-22-10/h8-10H,2-7H2,1H3,(H,15,20)/t10-/m0/s1. The van der Waals surface area contributed by atoms with E-state index in [1.165, 1.54) is 17.1 Å². The number of rotatable bonds is 5. The number of ether oxygens (including phenoxy) is 1. The van der Waals surface area contributed by atoms with Crippen LogP contribution in [0.5, 0.6) is 0 Å². The Labute approximate surface area is 127 Å². The Morgan fingerprint density at radius 3 is 3.18 bits per heavy atom. The van der Waals surface area contributed by atoms with Crippen LogP contribution in [0.2, 0.25) is 0 Å². The second-order valence-electron chi connectivity index (χ2n) is 5.44. The maximum Gasteiger partial charge on any atom is 0.264 e. The minimum absolute atomic E-state index is 0.0892. The lowest BCUT2D eigenvalue weighted by molar-refractivity contribution is -0.121. The third kappa shape index (κ3) is 3.01. The fraction of sp³-hybridized carbons (Fsp3) is 0.571. The van der Waals surface area contributed by atoms with Crippen molar-refractivity contribution in [3.8, 4) is 0 Å². The summed E-state index contributed by atoms with van der Waals surface area (Å²) in [5.41, 5.74) is 0.370. The highest BCUT2D eigenvalue weighted by atomic mass is 16.5. The number of amides is 1. The average Bonchev–Trinajstić information content (AvgIpc) is 3.15. The van der Waals surface area contributed by atoms with E-state index in [4.69, 9.17) is 4.74 Å². The molecule has 1 aliphatic heterocycles. The number of carbonyl (C=O) groups excluding carboxylic acids is 1. The zero-order valence-electron chi connectivity index (χ0n) is 12.5. The van der Waals surface area contributed by atoms with Gasteiger partial charge in [0, 0.05) is 33.2 Å². The summed E-state index contributed by atoms with van der Waals surface area (Å²) >= 11 is 0. The van der Waals surface area contributed by atoms with E-state index >= 15 is 0 Å². The smallest absolute Gasteiger partial charge is 0.264 e. The first kappa shape index (κ1) is 14.7. The summed E-state index contributed by atoms with van der Waals surface area (Å²) in [5, 5.41) is 7.32. The first-order valence-electron chi connectivity index (χ1n) is 7.40. The van der Waals surface area contributed by atoms with Gasteiger partial charge in [0.2, 0.25) is 5.91 Å². The molecule has 1 N–H and O–H groups in total. The quantitative estimate of drug-likeness (QED) is 0.827. The van der Waals surface area contributed by atoms with Gasteiger partial charge in [0.05, 0.1) is 18.6 Å². The molecule has 8 heteroatoms. The highest BCUT2D eigenvalue weighted by Gasteiger charge is 2.16. The predicted octanol–water partition coefficient (Wildman–Crippen LogP) is -0.185. The van der Waals surface area contributed by atoms with Gasteiger partial charge in [-0.15, -0.1) is 0 Å². The van der Waals surface area contributed by atoms with E-state index in [1.807, 2.05) is 0 Å². The molecule has 0 aromatic carbocycles. The first-order chi connectivity index (χ1) is 10.6. The summed E-state index contributed by atoms with van der Waals surface area (Å²) < 4.78 is 8.44. The van der Waals surface area contributed by atoms with Gasteiger partial charge in [0.1, 0.15) is 5.39 Å². The molecule has 3 heterocycles. The molecule has 0 aliphatic carbocycles. The molecule has 8 nitrogen and oxygen atoms in total. The Hall–Kier alpha value is -2.22. The van der Waals surface area contributed by atoms with Crippen LogP contribution in [0, 0.1) is 0 Å². The molecular weight excluding hydrogens is 286 g/mol. The van der Waals surface area contributed by atoms with Crippen molar-refractivity contribution in [2.24, 2.45) is 7.05 Å². The van der Waals surface area contributed by atoms with E-state index < -0.39 is 0 Å². The van der Waals surface area contributed by atoms with Gasteiger partial charge in [-0.05, 0) is 12.8 Å². The Kier molecular flexibility index (Phi) is 4.19. The molecule has 2 aromatic heterocycles. The van der Waals surface area contributed by atoms with Crippen LogP contribution >= 0.6 is 0 Å². The average molecular weight is 305 g/mol. The van der Waals surface area contributed by atoms with Crippen molar-refractivity contribution in [3.63, 3.8) is 0 Å². The van der Waals surface area contributed by atoms with Crippen LogP contribution in [-0.4, -0.2) is 44.5 Å². The minimum atomic E-state index is -0.176. The third-order valence-electron chi connectivity index (χ3n) is 3.85. The number of carbonyl (C=O) groups is 1. The zero-order chi connectivity index (χ0) is 15.5. The molecule has 1 amide bonds. The number of fused-ring (bicyclic) bond motifs is 1. The summed E-state index contributed by atoms with van der Waals surface area (Å²) in [6.45, 7) is 1.61. The number of aromatic nitrogens is 4. The maximum absolute atomic E-state index is 12.2. The van der Waals surface area contributed by atoms with Crippen LogP contribution < -0.4 is 10.9 Å². The number of nitrogens with zero attached hydrogens (tertiary/aromatic N) is 4. The molecule has 1 saturated heterocycles. The maximum atomic E-state index is 12.2. The van der Waals surface area contributed by atoms with Gasteiger partial charge in [-0.2, -0.15) is 5.10 Å². The van der Waals surface area contributed by atoms with Crippen molar-refractivity contribution in [3.05, 3.63) is 22.9 Å². The third-order valence-corrected chi connectivity index (χ3v) is 3.85. The molecule has 1 fully saturated rings. The topological polar surface area (TPSA) is 91.0 Å². The molecule has 0 spiro atoms. The predicted molar refractivity (Wildman–Crippen MR) is 79.4 cm³/mol. The second kappa shape index (κ2) is 6.27. The molecule has 118 valence electrons. The van der Waals surface area contributed by atoms with Crippen molar-refractivity contribution in [1.29, 1.82) is 0 Å². The Morgan fingerprint density at radius 2 is 2.41 bits per heavy atom. The van der Waals surface area contributed by atoms with Crippen LogP contribution in [0.4, 0.5) is 0 Å². The van der Waals surface area contributed by atoms with Gasteiger partial charge in [-0.25, -0.2) is 4.98 Å². The molecule has 1 atom stereocenters. The SMILES string of the molecule is Cn1ncc2c(=O)n(CCC(=O)NC[C@@H]3CCCO3)cnc21. The lowest BCUT2D eigenvalue weighted by atomic mass is 10.2. The zero-order valence-corrected chi connectivity index (χ0v) is 12.5. The Morgan fingerprint density at radius 1 is 1.55 bits per heavy atom. The lowest BCUT2D eigenvalue weighted by Crippen LogP contribution is -2.33. The van der Waals surface area contributed by atoms with Crippen LogP contribution in [-0.2, 0) is 23.1 Å². The van der Waals surface area contributed by atoms with Gasteiger partial charge < -0.3 is 10.1 Å². The van der Waals surface area contributed by atoms with Gasteiger partial charge in [0.25, 0.3) is 5.56 Å². The summed E-state index contributed by atoms with van der Waals surface area (Å²) in [5.74, 6) is -0.0892. The molecule has 0 saturated carbocycles. The Balaban J connectivity index is 1.57. The van der Waals surface area contributed by atoms with E-state index in [-0.39, 0.29) is 24.0 Å². The van der Waals surface area contributed by atoms with Crippen molar-refractivity contribution >= 4 is 16.9 Å². The van der Waals surface area contributed by atoms with Crippen molar-refractivity contribution in [2.45, 2.75) is 31.9 Å². The van der Waals surface area contributed by atoms with E-state index in [0.717, 1.165) is 19.4 Å². The molecule has 1 aliphatic rings. The van der Waals surface area contributed by atoms with E-state index in [9.17, 15) is 9.59 Å². The molecule has 2 aromatic rings. The van der Waals surface area contributed by atoms with Crippen LogP contribution in [0.25, 0.3) is 11.0 Å². The minimum Gasteiger partial charge on any atom is -0.376 e. The second-order valence-corrected chi connectivity index (χ2v) is 5.44. The molecular formula is C14H19N5O3. The largest absolute Gasteiger partial charge is 0.376 e. The van der Waals surface area contributed by atoms with E-state index in [1.54, 1.807) is 11.7 Å². The fourth-order valence-electron chi connectivity index (χ4n) is 2.57. The van der Waals surface area contributed by atoms with Gasteiger partial charge in [0.15, 0.2) is 5.65 Å². The molecule has 0 radical (unpaired) electrons. The van der Waals surface area contributed by atoms with Crippen molar-refractivity contribution < 1.29 is 9.53 Å². The number of hydrogen-bond donors (Lipinski definition) is 1. The number of hydrogen-bond acceptors (Lipinski definition) is 5. The molecule has 0 unspecified atom stereocenters. The van der Waals surface area contributed by atoms with Gasteiger partial charge in [-0.1, -0.05) is 0 Å². The first-order valence-corrected chi connectivity index (χ1v) is 7.40. The van der Waals surface area contributed by atoms with Crippen LogP contribution in [0.1, 0.15) is 19.3 Å². The summed E-state index contributed by atoms with van der Waals surface area (Å²) in [6.07, 6.45) is 5.35. The Bertz CT molecular complexity index is 730. The van der Waals surface area contributed by atoms with Gasteiger partial charge >= 0.3 is 0 Å². The van der Waals surface area contributed by atoms with Crippen LogP contribution in [0.3, 0.4) is 0 Å². The van der Waals surface area contributed by atoms with Crippen molar-refractivity contribution in [1.82, 2.24) is 24.6 Å². The van der Waals surface area contributed by atoms with Crippen molar-refractivity contribution in [2.75, 3.05) is 13.2 Å². The molecule has 3 rings (SSSR count). The summed E-state index contributed by atoms with van der Waals surface area (Å²) in [6, 6.07) is 0. The monoisotopic (exact) mass is 305 g/mol. The number of aryl methyl sites for hydroxylation is 2. The lowest BCUT2D eigenvalue weighted by Gasteiger charge is -2.11. The highest BCUT2D eigenvalue weighted by Crippen LogP contribution is 2.10. The number of nitrogens with one attached hydrogen (secondary N) is 1.